The number of aromatic nitrogens is 3. The number of nitrogens with zero attached hydrogens (tertiary/aromatic N) is 3. The van der Waals surface area contributed by atoms with E-state index in [0.717, 1.165) is 22.9 Å². The minimum absolute atomic E-state index is 0.0313. The molecule has 0 aliphatic heterocycles. The largest absolute Gasteiger partial charge is 0.321 e. The monoisotopic (exact) mass is 222 g/mol. The standard InChI is InChI=1S/C10H14N4S/c1-3-7(11)10-12-9(13-14(10)2)8-5-4-6-15-8/h4-7H,3,11H2,1-2H3. The first-order chi connectivity index (χ1) is 7.22. The molecular weight excluding hydrogens is 208 g/mol. The Bertz CT molecular complexity index is 432. The van der Waals surface area contributed by atoms with Crippen LogP contribution in [0.1, 0.15) is 25.2 Å². The fraction of sp³-hybridized carbons (Fsp3) is 0.400. The lowest BCUT2D eigenvalue weighted by Gasteiger charge is -2.05. The summed E-state index contributed by atoms with van der Waals surface area (Å²) >= 11 is 1.64. The summed E-state index contributed by atoms with van der Waals surface area (Å²) in [5.74, 6) is 1.62. The van der Waals surface area contributed by atoms with Crippen LogP contribution < -0.4 is 5.73 Å². The van der Waals surface area contributed by atoms with Gasteiger partial charge in [0.25, 0.3) is 0 Å². The zero-order chi connectivity index (χ0) is 10.8. The Labute approximate surface area is 92.8 Å². The second kappa shape index (κ2) is 4.12. The molecule has 1 atom stereocenters. The Hall–Kier alpha value is -1.20. The Morgan fingerprint density at radius 1 is 1.60 bits per heavy atom. The van der Waals surface area contributed by atoms with Gasteiger partial charge in [-0.1, -0.05) is 13.0 Å². The van der Waals surface area contributed by atoms with Crippen molar-refractivity contribution in [3.63, 3.8) is 0 Å². The lowest BCUT2D eigenvalue weighted by atomic mass is 10.2. The van der Waals surface area contributed by atoms with E-state index in [1.165, 1.54) is 0 Å². The van der Waals surface area contributed by atoms with Crippen LogP contribution in [0.5, 0.6) is 0 Å². The molecule has 5 heteroatoms. The first kappa shape index (κ1) is 10.3. The molecule has 0 bridgehead atoms. The highest BCUT2D eigenvalue weighted by Crippen LogP contribution is 2.22. The van der Waals surface area contributed by atoms with Crippen LogP contribution >= 0.6 is 11.3 Å². The van der Waals surface area contributed by atoms with Gasteiger partial charge in [-0.15, -0.1) is 11.3 Å². The first-order valence-electron chi connectivity index (χ1n) is 4.92. The minimum atomic E-state index is -0.0313. The Balaban J connectivity index is 2.37. The molecule has 2 aromatic rings. The molecule has 2 aromatic heterocycles. The summed E-state index contributed by atoms with van der Waals surface area (Å²) in [7, 11) is 1.88. The number of rotatable bonds is 3. The van der Waals surface area contributed by atoms with Gasteiger partial charge in [0.1, 0.15) is 5.82 Å². The van der Waals surface area contributed by atoms with E-state index in [2.05, 4.69) is 10.1 Å². The summed E-state index contributed by atoms with van der Waals surface area (Å²) in [6.45, 7) is 2.05. The van der Waals surface area contributed by atoms with Crippen LogP contribution in [0, 0.1) is 0 Å². The predicted molar refractivity (Wildman–Crippen MR) is 61.5 cm³/mol. The second-order valence-corrected chi connectivity index (χ2v) is 4.36. The van der Waals surface area contributed by atoms with E-state index >= 15 is 0 Å². The fourth-order valence-corrected chi connectivity index (χ4v) is 2.06. The number of nitrogens with two attached hydrogens (primary N) is 1. The number of hydrogen-bond acceptors (Lipinski definition) is 4. The van der Waals surface area contributed by atoms with Gasteiger partial charge in [0, 0.05) is 7.05 Å². The third-order valence-electron chi connectivity index (χ3n) is 2.31. The molecule has 0 saturated heterocycles. The molecule has 4 nitrogen and oxygen atoms in total. The van der Waals surface area contributed by atoms with E-state index in [1.54, 1.807) is 16.0 Å². The van der Waals surface area contributed by atoms with Gasteiger partial charge >= 0.3 is 0 Å². The van der Waals surface area contributed by atoms with Gasteiger partial charge in [0.05, 0.1) is 10.9 Å². The molecule has 0 radical (unpaired) electrons. The molecule has 0 aromatic carbocycles. The molecule has 0 spiro atoms. The molecule has 2 rings (SSSR count). The van der Waals surface area contributed by atoms with Crippen molar-refractivity contribution in [2.75, 3.05) is 0 Å². The molecule has 80 valence electrons. The summed E-state index contributed by atoms with van der Waals surface area (Å²) in [5.41, 5.74) is 5.94. The average Bonchev–Trinajstić information content (AvgIpc) is 2.84. The number of hydrogen-bond donors (Lipinski definition) is 1. The van der Waals surface area contributed by atoms with Crippen molar-refractivity contribution in [3.05, 3.63) is 23.3 Å². The highest BCUT2D eigenvalue weighted by atomic mass is 32.1. The van der Waals surface area contributed by atoms with Gasteiger partial charge in [-0.25, -0.2) is 4.98 Å². The maximum atomic E-state index is 5.94. The van der Waals surface area contributed by atoms with Crippen LogP contribution in [0.15, 0.2) is 17.5 Å². The van der Waals surface area contributed by atoms with Crippen LogP contribution in [0.3, 0.4) is 0 Å². The van der Waals surface area contributed by atoms with Crippen molar-refractivity contribution in [1.29, 1.82) is 0 Å². The van der Waals surface area contributed by atoms with E-state index in [9.17, 15) is 0 Å². The van der Waals surface area contributed by atoms with Gasteiger partial charge in [-0.2, -0.15) is 5.10 Å². The summed E-state index contributed by atoms with van der Waals surface area (Å²) in [5, 5.41) is 6.38. The first-order valence-corrected chi connectivity index (χ1v) is 5.80. The number of aryl methyl sites for hydroxylation is 1. The van der Waals surface area contributed by atoms with Crippen molar-refractivity contribution in [2.24, 2.45) is 12.8 Å². The third-order valence-corrected chi connectivity index (χ3v) is 3.18. The Kier molecular flexibility index (Phi) is 2.83. The third kappa shape index (κ3) is 1.93. The molecule has 2 heterocycles. The van der Waals surface area contributed by atoms with Crippen molar-refractivity contribution < 1.29 is 0 Å². The Morgan fingerprint density at radius 3 is 3.00 bits per heavy atom. The average molecular weight is 222 g/mol. The summed E-state index contributed by atoms with van der Waals surface area (Å²) in [6, 6.07) is 3.98. The topological polar surface area (TPSA) is 56.7 Å². The van der Waals surface area contributed by atoms with Crippen LogP contribution in [0.2, 0.25) is 0 Å². The predicted octanol–water partition coefficient (Wildman–Crippen LogP) is 1.95. The molecule has 0 aliphatic rings. The van der Waals surface area contributed by atoms with Crippen molar-refractivity contribution in [1.82, 2.24) is 14.8 Å². The van der Waals surface area contributed by atoms with Gasteiger partial charge in [0.2, 0.25) is 0 Å². The van der Waals surface area contributed by atoms with Crippen molar-refractivity contribution in [3.8, 4) is 10.7 Å². The summed E-state index contributed by atoms with van der Waals surface area (Å²) in [6.07, 6.45) is 0.871. The smallest absolute Gasteiger partial charge is 0.191 e. The molecule has 2 N–H and O–H groups in total. The van der Waals surface area contributed by atoms with Crippen molar-refractivity contribution >= 4 is 11.3 Å². The van der Waals surface area contributed by atoms with E-state index in [1.807, 2.05) is 31.5 Å². The lowest BCUT2D eigenvalue weighted by molar-refractivity contribution is 0.590. The highest BCUT2D eigenvalue weighted by Gasteiger charge is 2.14. The Morgan fingerprint density at radius 2 is 2.40 bits per heavy atom. The van der Waals surface area contributed by atoms with Crippen LogP contribution in [0.25, 0.3) is 10.7 Å². The van der Waals surface area contributed by atoms with Gasteiger partial charge < -0.3 is 5.73 Å². The molecule has 0 amide bonds. The van der Waals surface area contributed by atoms with Gasteiger partial charge in [-0.3, -0.25) is 4.68 Å². The maximum absolute atomic E-state index is 5.94. The SMILES string of the molecule is CCC(N)c1nc(-c2cccs2)nn1C. The molecule has 0 aliphatic carbocycles. The quantitative estimate of drug-likeness (QED) is 0.863. The molecular formula is C10H14N4S. The normalized spacial score (nSPS) is 13.0. The molecule has 0 fully saturated rings. The summed E-state index contributed by atoms with van der Waals surface area (Å²) < 4.78 is 1.77. The molecule has 0 saturated carbocycles. The van der Waals surface area contributed by atoms with Gasteiger partial charge in [0.15, 0.2) is 5.82 Å². The number of thiophene rings is 1. The van der Waals surface area contributed by atoms with Crippen LogP contribution in [-0.4, -0.2) is 14.8 Å². The molecule has 15 heavy (non-hydrogen) atoms. The van der Waals surface area contributed by atoms with E-state index in [0.29, 0.717) is 0 Å². The minimum Gasteiger partial charge on any atom is -0.321 e. The van der Waals surface area contributed by atoms with E-state index in [-0.39, 0.29) is 6.04 Å². The van der Waals surface area contributed by atoms with E-state index in [4.69, 9.17) is 5.73 Å². The van der Waals surface area contributed by atoms with E-state index < -0.39 is 0 Å². The fourth-order valence-electron chi connectivity index (χ4n) is 1.41. The highest BCUT2D eigenvalue weighted by molar-refractivity contribution is 7.13. The summed E-state index contributed by atoms with van der Waals surface area (Å²) in [4.78, 5) is 5.54. The second-order valence-electron chi connectivity index (χ2n) is 3.41. The molecule has 1 unspecified atom stereocenters. The zero-order valence-electron chi connectivity index (χ0n) is 8.84. The maximum Gasteiger partial charge on any atom is 0.191 e. The van der Waals surface area contributed by atoms with Crippen LogP contribution in [0.4, 0.5) is 0 Å². The van der Waals surface area contributed by atoms with Crippen LogP contribution in [-0.2, 0) is 7.05 Å². The van der Waals surface area contributed by atoms with Crippen molar-refractivity contribution in [2.45, 2.75) is 19.4 Å². The lowest BCUT2D eigenvalue weighted by Crippen LogP contribution is -2.14. The zero-order valence-corrected chi connectivity index (χ0v) is 9.66. The van der Waals surface area contributed by atoms with Gasteiger partial charge in [-0.05, 0) is 17.9 Å².